The Labute approximate surface area is 215 Å². The van der Waals surface area contributed by atoms with Crippen LogP contribution in [0.3, 0.4) is 0 Å². The molecule has 0 radical (unpaired) electrons. The first-order valence-corrected chi connectivity index (χ1v) is 11.2. The molecule has 1 aliphatic heterocycles. The van der Waals surface area contributed by atoms with Gasteiger partial charge in [-0.1, -0.05) is 23.2 Å². The average molecular weight is 552 g/mol. The largest absolute Gasteiger partial charge is 0.416 e. The van der Waals surface area contributed by atoms with Crippen molar-refractivity contribution in [2.45, 2.75) is 12.2 Å². The Balaban J connectivity index is 1.93. The minimum absolute atomic E-state index is 0.0169. The number of nitrogens with one attached hydrogen (secondary N) is 1. The van der Waals surface area contributed by atoms with E-state index in [1.165, 1.54) is 24.3 Å². The lowest BCUT2D eigenvalue weighted by Gasteiger charge is -2.20. The Morgan fingerprint density at radius 3 is 2.41 bits per heavy atom. The number of halogens is 7. The predicted molar refractivity (Wildman–Crippen MR) is 126 cm³/mol. The smallest absolute Gasteiger partial charge is 0.366 e. The van der Waals surface area contributed by atoms with Gasteiger partial charge in [0.25, 0.3) is 5.91 Å². The molecule has 0 saturated heterocycles. The van der Waals surface area contributed by atoms with E-state index in [0.717, 1.165) is 12.1 Å². The van der Waals surface area contributed by atoms with Crippen LogP contribution in [0.4, 0.5) is 22.0 Å². The standard InChI is InChI=1S/C25H12Cl2F5N3O2/c26-15-3-1-10(28)7-12(15)22-20-13(8-17-11(2-4-18(27)34-17)21(20)24(37)35-22)19-14(23(33)36)5-9(6-16(19)29)25(30,31)32/h1-8,22H,(H2,33,36)(H,35,37). The maximum absolute atomic E-state index is 15.5. The summed E-state index contributed by atoms with van der Waals surface area (Å²) in [5.74, 6) is -4.11. The van der Waals surface area contributed by atoms with E-state index in [9.17, 15) is 27.2 Å². The summed E-state index contributed by atoms with van der Waals surface area (Å²) in [4.78, 5) is 29.6. The number of amides is 2. The number of alkyl halides is 3. The number of hydrogen-bond acceptors (Lipinski definition) is 3. The molecule has 2 heterocycles. The second-order valence-corrected chi connectivity index (χ2v) is 9.02. The molecule has 0 spiro atoms. The van der Waals surface area contributed by atoms with Gasteiger partial charge in [0.2, 0.25) is 5.91 Å². The summed E-state index contributed by atoms with van der Waals surface area (Å²) in [6.07, 6.45) is -4.97. The molecule has 1 aromatic heterocycles. The Bertz CT molecular complexity index is 1660. The van der Waals surface area contributed by atoms with Crippen LogP contribution in [0.15, 0.2) is 48.5 Å². The van der Waals surface area contributed by atoms with E-state index in [-0.39, 0.29) is 49.4 Å². The van der Waals surface area contributed by atoms with E-state index < -0.39 is 52.4 Å². The average Bonchev–Trinajstić information content (AvgIpc) is 3.16. The third-order valence-corrected chi connectivity index (χ3v) is 6.57. The highest BCUT2D eigenvalue weighted by molar-refractivity contribution is 6.31. The number of pyridine rings is 1. The monoisotopic (exact) mass is 551 g/mol. The number of carbonyl (C=O) groups is 2. The zero-order valence-corrected chi connectivity index (χ0v) is 19.7. The normalized spacial score (nSPS) is 15.1. The van der Waals surface area contributed by atoms with Crippen LogP contribution >= 0.6 is 23.2 Å². The lowest BCUT2D eigenvalue weighted by molar-refractivity contribution is -0.137. The molecule has 4 aromatic rings. The number of rotatable bonds is 3. The maximum Gasteiger partial charge on any atom is 0.416 e. The van der Waals surface area contributed by atoms with Crippen molar-refractivity contribution in [3.8, 4) is 11.1 Å². The van der Waals surface area contributed by atoms with E-state index in [0.29, 0.717) is 6.07 Å². The zero-order chi connectivity index (χ0) is 26.8. The van der Waals surface area contributed by atoms with Gasteiger partial charge in [0.05, 0.1) is 28.2 Å². The lowest BCUT2D eigenvalue weighted by atomic mass is 9.85. The predicted octanol–water partition coefficient (Wildman–Crippen LogP) is 6.44. The second kappa shape index (κ2) is 8.67. The molecule has 5 rings (SSSR count). The quantitative estimate of drug-likeness (QED) is 0.227. The summed E-state index contributed by atoms with van der Waals surface area (Å²) in [5, 5.41) is 3.01. The van der Waals surface area contributed by atoms with Gasteiger partial charge < -0.3 is 11.1 Å². The fourth-order valence-electron chi connectivity index (χ4n) is 4.50. The fourth-order valence-corrected chi connectivity index (χ4v) is 4.88. The number of hydrogen-bond donors (Lipinski definition) is 2. The summed E-state index contributed by atoms with van der Waals surface area (Å²) in [7, 11) is 0. The molecule has 188 valence electrons. The summed E-state index contributed by atoms with van der Waals surface area (Å²) >= 11 is 12.3. The molecule has 5 nitrogen and oxygen atoms in total. The first-order chi connectivity index (χ1) is 17.4. The molecule has 1 unspecified atom stereocenters. The van der Waals surface area contributed by atoms with Crippen LogP contribution in [-0.2, 0) is 6.18 Å². The number of nitrogens with two attached hydrogens (primary N) is 1. The summed E-state index contributed by atoms with van der Waals surface area (Å²) in [6, 6.07) is 7.09. The molecule has 3 N–H and O–H groups in total. The summed E-state index contributed by atoms with van der Waals surface area (Å²) in [6.45, 7) is 0. The van der Waals surface area contributed by atoms with Gasteiger partial charge in [0.1, 0.15) is 16.8 Å². The van der Waals surface area contributed by atoms with Gasteiger partial charge in [0.15, 0.2) is 0 Å². The first kappa shape index (κ1) is 24.9. The highest BCUT2D eigenvalue weighted by Gasteiger charge is 2.39. The van der Waals surface area contributed by atoms with E-state index in [1.54, 1.807) is 0 Å². The molecule has 1 atom stereocenters. The fraction of sp³-hybridized carbons (Fsp3) is 0.0800. The van der Waals surface area contributed by atoms with Crippen LogP contribution in [0.2, 0.25) is 10.2 Å². The number of benzene rings is 3. The van der Waals surface area contributed by atoms with E-state index in [4.69, 9.17) is 28.9 Å². The molecular weight excluding hydrogens is 540 g/mol. The van der Waals surface area contributed by atoms with E-state index >= 15 is 4.39 Å². The van der Waals surface area contributed by atoms with Gasteiger partial charge in [-0.15, -0.1) is 0 Å². The van der Waals surface area contributed by atoms with Crippen molar-refractivity contribution >= 4 is 45.9 Å². The van der Waals surface area contributed by atoms with Crippen LogP contribution in [0.25, 0.3) is 22.0 Å². The van der Waals surface area contributed by atoms with Gasteiger partial charge in [-0.2, -0.15) is 13.2 Å². The molecular formula is C25H12Cl2F5N3O2. The summed E-state index contributed by atoms with van der Waals surface area (Å²) in [5.41, 5.74) is 2.64. The maximum atomic E-state index is 15.5. The van der Waals surface area contributed by atoms with Gasteiger partial charge >= 0.3 is 6.18 Å². The Hall–Kier alpha value is -3.76. The molecule has 37 heavy (non-hydrogen) atoms. The van der Waals surface area contributed by atoms with Gasteiger partial charge in [-0.05, 0) is 54.1 Å². The second-order valence-electron chi connectivity index (χ2n) is 8.23. The van der Waals surface area contributed by atoms with Crippen molar-refractivity contribution in [3.63, 3.8) is 0 Å². The highest BCUT2D eigenvalue weighted by atomic mass is 35.5. The third-order valence-electron chi connectivity index (χ3n) is 6.01. The van der Waals surface area contributed by atoms with Crippen LogP contribution in [0.5, 0.6) is 0 Å². The molecule has 0 aliphatic carbocycles. The number of aromatic nitrogens is 1. The number of nitrogens with zero attached hydrogens (tertiary/aromatic N) is 1. The topological polar surface area (TPSA) is 85.1 Å². The van der Waals surface area contributed by atoms with Gasteiger partial charge in [0, 0.05) is 27.1 Å². The van der Waals surface area contributed by atoms with Crippen molar-refractivity contribution in [3.05, 3.63) is 98.2 Å². The molecule has 0 saturated carbocycles. The molecule has 0 fully saturated rings. The Kier molecular flexibility index (Phi) is 5.84. The van der Waals surface area contributed by atoms with Crippen molar-refractivity contribution in [1.82, 2.24) is 10.3 Å². The molecule has 3 aromatic carbocycles. The molecule has 2 amide bonds. The number of primary amides is 1. The SMILES string of the molecule is NC(=O)c1cc(C(F)(F)F)cc(F)c1-c1cc2nc(Cl)ccc2c2c1C(c1cc(F)ccc1Cl)NC2=O. The summed E-state index contributed by atoms with van der Waals surface area (Å²) < 4.78 is 69.8. The zero-order valence-electron chi connectivity index (χ0n) is 18.2. The highest BCUT2D eigenvalue weighted by Crippen LogP contribution is 2.46. The number of fused-ring (bicyclic) bond motifs is 3. The lowest BCUT2D eigenvalue weighted by Crippen LogP contribution is -2.21. The minimum atomic E-state index is -4.97. The minimum Gasteiger partial charge on any atom is -0.366 e. The van der Waals surface area contributed by atoms with Crippen LogP contribution in [-0.4, -0.2) is 16.8 Å². The van der Waals surface area contributed by atoms with Crippen LogP contribution in [0, 0.1) is 11.6 Å². The van der Waals surface area contributed by atoms with Gasteiger partial charge in [-0.3, -0.25) is 9.59 Å². The molecule has 12 heteroatoms. The van der Waals surface area contributed by atoms with Gasteiger partial charge in [-0.25, -0.2) is 13.8 Å². The third kappa shape index (κ3) is 4.15. The molecule has 0 bridgehead atoms. The van der Waals surface area contributed by atoms with Crippen LogP contribution < -0.4 is 11.1 Å². The van der Waals surface area contributed by atoms with E-state index in [2.05, 4.69) is 10.3 Å². The first-order valence-electron chi connectivity index (χ1n) is 10.5. The van der Waals surface area contributed by atoms with Crippen molar-refractivity contribution in [1.29, 1.82) is 0 Å². The molecule has 1 aliphatic rings. The van der Waals surface area contributed by atoms with Crippen molar-refractivity contribution in [2.75, 3.05) is 0 Å². The van der Waals surface area contributed by atoms with Crippen LogP contribution in [0.1, 0.15) is 43.4 Å². The Morgan fingerprint density at radius 1 is 1.00 bits per heavy atom. The Morgan fingerprint density at radius 2 is 1.73 bits per heavy atom. The van der Waals surface area contributed by atoms with Crippen molar-refractivity contribution < 1.29 is 31.5 Å². The van der Waals surface area contributed by atoms with E-state index in [1.807, 2.05) is 0 Å². The number of carbonyl (C=O) groups excluding carboxylic acids is 2. The van der Waals surface area contributed by atoms with Crippen molar-refractivity contribution in [2.24, 2.45) is 5.73 Å².